The summed E-state index contributed by atoms with van der Waals surface area (Å²) in [4.78, 5) is 14.3. The molecule has 1 fully saturated rings. The molecule has 2 rings (SSSR count). The second-order valence-electron chi connectivity index (χ2n) is 5.89. The van der Waals surface area contributed by atoms with Crippen molar-refractivity contribution < 1.29 is 9.90 Å². The van der Waals surface area contributed by atoms with Gasteiger partial charge in [-0.2, -0.15) is 0 Å². The zero-order valence-electron chi connectivity index (χ0n) is 13.5. The third-order valence-electron chi connectivity index (χ3n) is 4.41. The number of aryl methyl sites for hydroxylation is 1. The highest BCUT2D eigenvalue weighted by molar-refractivity contribution is 5.73. The van der Waals surface area contributed by atoms with E-state index in [1.165, 1.54) is 6.42 Å². The van der Waals surface area contributed by atoms with Gasteiger partial charge in [-0.3, -0.25) is 4.90 Å². The lowest BCUT2D eigenvalue weighted by molar-refractivity contribution is 0.171. The van der Waals surface area contributed by atoms with Crippen LogP contribution in [0.4, 0.5) is 4.79 Å². The lowest BCUT2D eigenvalue weighted by Crippen LogP contribution is -2.44. The number of carbonyl (C=O) groups is 1. The fourth-order valence-corrected chi connectivity index (χ4v) is 3.08. The summed E-state index contributed by atoms with van der Waals surface area (Å²) in [6, 6.07) is 7.90. The van der Waals surface area contributed by atoms with Crippen molar-refractivity contribution >= 4 is 6.03 Å². The number of carbonyl (C=O) groups excluding carboxylic acids is 1. The molecular weight excluding hydrogens is 278 g/mol. The van der Waals surface area contributed by atoms with Gasteiger partial charge in [0, 0.05) is 19.1 Å². The minimum atomic E-state index is -0.675. The van der Waals surface area contributed by atoms with E-state index in [2.05, 4.69) is 22.5 Å². The molecule has 1 aromatic rings. The molecule has 5 nitrogen and oxygen atoms in total. The van der Waals surface area contributed by atoms with E-state index < -0.39 is 6.10 Å². The van der Waals surface area contributed by atoms with E-state index in [4.69, 9.17) is 0 Å². The van der Waals surface area contributed by atoms with Crippen LogP contribution in [-0.4, -0.2) is 48.3 Å². The average molecular weight is 305 g/mol. The number of likely N-dealkylation sites (tertiary alicyclic amines) is 1. The van der Waals surface area contributed by atoms with Crippen LogP contribution in [-0.2, 0) is 0 Å². The van der Waals surface area contributed by atoms with Crippen LogP contribution in [0, 0.1) is 6.92 Å². The first kappa shape index (κ1) is 16.8. The van der Waals surface area contributed by atoms with Crippen molar-refractivity contribution in [1.29, 1.82) is 0 Å². The number of benzene rings is 1. The number of likely N-dealkylation sites (N-methyl/N-ethyl adjacent to an activating group) is 1. The predicted octanol–water partition coefficient (Wildman–Crippen LogP) is 1.81. The predicted molar refractivity (Wildman–Crippen MR) is 87.8 cm³/mol. The molecule has 22 heavy (non-hydrogen) atoms. The lowest BCUT2D eigenvalue weighted by atomic mass is 10.0. The van der Waals surface area contributed by atoms with Gasteiger partial charge in [-0.1, -0.05) is 31.2 Å². The highest BCUT2D eigenvalue weighted by Gasteiger charge is 2.23. The zero-order chi connectivity index (χ0) is 15.9. The third kappa shape index (κ3) is 4.45. The van der Waals surface area contributed by atoms with Gasteiger partial charge in [-0.05, 0) is 44.0 Å². The van der Waals surface area contributed by atoms with Crippen molar-refractivity contribution in [3.63, 3.8) is 0 Å². The van der Waals surface area contributed by atoms with Gasteiger partial charge in [0.05, 0.1) is 6.10 Å². The number of hydrogen-bond donors (Lipinski definition) is 3. The maximum absolute atomic E-state index is 11.9. The average Bonchev–Trinajstić information content (AvgIpc) is 2.98. The number of amides is 2. The molecule has 0 aromatic heterocycles. The second kappa shape index (κ2) is 8.15. The maximum Gasteiger partial charge on any atom is 0.314 e. The normalized spacial score (nSPS) is 19.9. The SMILES string of the molecule is CCN1CCCC1CNC(=O)NCC(O)c1ccccc1C. The summed E-state index contributed by atoms with van der Waals surface area (Å²) in [5.41, 5.74) is 1.89. The van der Waals surface area contributed by atoms with Crippen LogP contribution in [0.1, 0.15) is 37.0 Å². The molecule has 1 saturated heterocycles. The van der Waals surface area contributed by atoms with Crippen LogP contribution < -0.4 is 10.6 Å². The topological polar surface area (TPSA) is 64.6 Å². The Balaban J connectivity index is 1.72. The molecule has 0 aliphatic carbocycles. The number of aliphatic hydroxyl groups excluding tert-OH is 1. The van der Waals surface area contributed by atoms with E-state index in [0.29, 0.717) is 12.6 Å². The first-order chi connectivity index (χ1) is 10.6. The Hall–Kier alpha value is -1.59. The minimum Gasteiger partial charge on any atom is -0.387 e. The summed E-state index contributed by atoms with van der Waals surface area (Å²) in [6.45, 7) is 7.14. The monoisotopic (exact) mass is 305 g/mol. The van der Waals surface area contributed by atoms with Crippen LogP contribution >= 0.6 is 0 Å². The Morgan fingerprint density at radius 2 is 2.18 bits per heavy atom. The van der Waals surface area contributed by atoms with Gasteiger partial charge in [-0.15, -0.1) is 0 Å². The molecule has 0 radical (unpaired) electrons. The Bertz CT molecular complexity index is 493. The first-order valence-corrected chi connectivity index (χ1v) is 8.11. The molecule has 5 heteroatoms. The van der Waals surface area contributed by atoms with Crippen molar-refractivity contribution in [1.82, 2.24) is 15.5 Å². The van der Waals surface area contributed by atoms with Crippen LogP contribution in [0.2, 0.25) is 0 Å². The lowest BCUT2D eigenvalue weighted by Gasteiger charge is -2.23. The second-order valence-corrected chi connectivity index (χ2v) is 5.89. The summed E-state index contributed by atoms with van der Waals surface area (Å²) < 4.78 is 0. The van der Waals surface area contributed by atoms with Gasteiger partial charge < -0.3 is 15.7 Å². The fraction of sp³-hybridized carbons (Fsp3) is 0.588. The Labute approximate surface area is 132 Å². The number of aliphatic hydroxyl groups is 1. The molecular formula is C17H27N3O2. The van der Waals surface area contributed by atoms with E-state index in [-0.39, 0.29) is 12.6 Å². The molecule has 2 unspecified atom stereocenters. The summed E-state index contributed by atoms with van der Waals surface area (Å²) in [5, 5.41) is 15.8. The van der Waals surface area contributed by atoms with Crippen LogP contribution in [0.15, 0.2) is 24.3 Å². The van der Waals surface area contributed by atoms with E-state index in [1.807, 2.05) is 31.2 Å². The molecule has 0 saturated carbocycles. The smallest absolute Gasteiger partial charge is 0.314 e. The molecule has 2 atom stereocenters. The van der Waals surface area contributed by atoms with Gasteiger partial charge in [0.1, 0.15) is 0 Å². The Morgan fingerprint density at radius 1 is 1.41 bits per heavy atom. The number of urea groups is 1. The van der Waals surface area contributed by atoms with Crippen LogP contribution in [0.25, 0.3) is 0 Å². The van der Waals surface area contributed by atoms with Crippen LogP contribution in [0.5, 0.6) is 0 Å². The zero-order valence-corrected chi connectivity index (χ0v) is 13.5. The molecule has 2 amide bonds. The molecule has 1 aliphatic heterocycles. The molecule has 1 heterocycles. The molecule has 1 aromatic carbocycles. The van der Waals surface area contributed by atoms with E-state index >= 15 is 0 Å². The Morgan fingerprint density at radius 3 is 2.91 bits per heavy atom. The minimum absolute atomic E-state index is 0.212. The van der Waals surface area contributed by atoms with Crippen molar-refractivity contribution in [2.75, 3.05) is 26.2 Å². The van der Waals surface area contributed by atoms with Gasteiger partial charge in [0.25, 0.3) is 0 Å². The summed E-state index contributed by atoms with van der Waals surface area (Å²) in [7, 11) is 0. The highest BCUT2D eigenvalue weighted by atomic mass is 16.3. The first-order valence-electron chi connectivity index (χ1n) is 8.11. The van der Waals surface area contributed by atoms with Crippen molar-refractivity contribution in [2.45, 2.75) is 38.8 Å². The van der Waals surface area contributed by atoms with E-state index in [1.54, 1.807) is 0 Å². The third-order valence-corrected chi connectivity index (χ3v) is 4.41. The molecule has 122 valence electrons. The van der Waals surface area contributed by atoms with Crippen molar-refractivity contribution in [2.24, 2.45) is 0 Å². The maximum atomic E-state index is 11.9. The fourth-order valence-electron chi connectivity index (χ4n) is 3.08. The van der Waals surface area contributed by atoms with Gasteiger partial charge in [0.2, 0.25) is 0 Å². The van der Waals surface area contributed by atoms with Gasteiger partial charge in [0.15, 0.2) is 0 Å². The van der Waals surface area contributed by atoms with Crippen molar-refractivity contribution in [3.8, 4) is 0 Å². The standard InChI is InChI=1S/C17H27N3O2/c1-3-20-10-6-8-14(20)11-18-17(22)19-12-16(21)15-9-5-4-7-13(15)2/h4-5,7,9,14,16,21H,3,6,8,10-12H2,1-2H3,(H2,18,19,22). The molecule has 1 aliphatic rings. The van der Waals surface area contributed by atoms with Gasteiger partial charge in [-0.25, -0.2) is 4.79 Å². The van der Waals surface area contributed by atoms with E-state index in [0.717, 1.165) is 30.6 Å². The number of hydrogen-bond acceptors (Lipinski definition) is 3. The summed E-state index contributed by atoms with van der Waals surface area (Å²) in [5.74, 6) is 0. The molecule has 0 spiro atoms. The largest absolute Gasteiger partial charge is 0.387 e. The van der Waals surface area contributed by atoms with Gasteiger partial charge >= 0.3 is 6.03 Å². The number of nitrogens with one attached hydrogen (secondary N) is 2. The van der Waals surface area contributed by atoms with Crippen molar-refractivity contribution in [3.05, 3.63) is 35.4 Å². The number of nitrogens with zero attached hydrogens (tertiary/aromatic N) is 1. The highest BCUT2D eigenvalue weighted by Crippen LogP contribution is 2.16. The molecule has 3 N–H and O–H groups in total. The summed E-state index contributed by atoms with van der Waals surface area (Å²) in [6.07, 6.45) is 1.67. The van der Waals surface area contributed by atoms with E-state index in [9.17, 15) is 9.90 Å². The van der Waals surface area contributed by atoms with Crippen LogP contribution in [0.3, 0.4) is 0 Å². The number of rotatable bonds is 6. The molecule has 0 bridgehead atoms. The quantitative estimate of drug-likeness (QED) is 0.751. The summed E-state index contributed by atoms with van der Waals surface area (Å²) >= 11 is 0. The Kier molecular flexibility index (Phi) is 6.21.